The van der Waals surface area contributed by atoms with Gasteiger partial charge in [-0.2, -0.15) is 5.10 Å². The van der Waals surface area contributed by atoms with Gasteiger partial charge in [0.2, 0.25) is 0 Å². The molecule has 208 valence electrons. The number of carbonyl (C=O) groups is 2. The number of amides is 1. The van der Waals surface area contributed by atoms with Crippen molar-refractivity contribution in [3.8, 4) is 0 Å². The van der Waals surface area contributed by atoms with Crippen molar-refractivity contribution in [2.45, 2.75) is 65.0 Å². The first-order chi connectivity index (χ1) is 18.7. The Bertz CT molecular complexity index is 1430. The molecule has 0 radical (unpaired) electrons. The number of pyridine rings is 1. The number of hydrogen-bond donors (Lipinski definition) is 2. The molecular weight excluding hydrogens is 498 g/mol. The van der Waals surface area contributed by atoms with Crippen molar-refractivity contribution < 1.29 is 19.1 Å². The van der Waals surface area contributed by atoms with Crippen LogP contribution in [0.2, 0.25) is 0 Å². The number of anilines is 2. The third-order valence-corrected chi connectivity index (χ3v) is 7.59. The van der Waals surface area contributed by atoms with Gasteiger partial charge in [0.05, 0.1) is 24.3 Å². The molecule has 4 heterocycles. The molecule has 2 aromatic heterocycles. The fraction of sp³-hybridized carbons (Fsp3) is 0.517. The van der Waals surface area contributed by atoms with E-state index in [1.807, 2.05) is 61.5 Å². The van der Waals surface area contributed by atoms with Crippen molar-refractivity contribution in [3.05, 3.63) is 51.9 Å². The number of hydrogen-bond acceptors (Lipinski definition) is 7. The molecule has 2 aliphatic rings. The zero-order valence-corrected chi connectivity index (χ0v) is 23.1. The summed E-state index contributed by atoms with van der Waals surface area (Å²) in [6.45, 7) is 10.1. The molecule has 39 heavy (non-hydrogen) atoms. The standard InChI is InChI=1S/C29H37N5O5/c1-18(2)16-38-28(37)23-9-11-29(4,17-39-23)34-22-10-12-30-26(35)24(22)25(32-34)31-20-7-8-21(19(3)15-20)27(36)33-13-5-6-14-33/h7-8,10,12,15,18,23H,5-6,9,11,13-14,16-17H2,1-4H3,(H,30,35)(H,31,32). The number of esters is 1. The van der Waals surface area contributed by atoms with E-state index in [1.165, 1.54) is 0 Å². The van der Waals surface area contributed by atoms with E-state index in [2.05, 4.69) is 10.3 Å². The number of aromatic amines is 1. The maximum atomic E-state index is 12.9. The molecule has 1 amide bonds. The minimum Gasteiger partial charge on any atom is -0.463 e. The summed E-state index contributed by atoms with van der Waals surface area (Å²) in [5, 5.41) is 8.58. The van der Waals surface area contributed by atoms with Gasteiger partial charge in [0, 0.05) is 30.5 Å². The normalized spacial score (nSPS) is 21.5. The van der Waals surface area contributed by atoms with Crippen molar-refractivity contribution in [2.75, 3.05) is 31.6 Å². The number of aryl methyl sites for hydroxylation is 1. The van der Waals surface area contributed by atoms with Gasteiger partial charge in [-0.15, -0.1) is 0 Å². The van der Waals surface area contributed by atoms with Crippen molar-refractivity contribution in [1.29, 1.82) is 0 Å². The largest absolute Gasteiger partial charge is 0.463 e. The molecular formula is C29H37N5O5. The van der Waals surface area contributed by atoms with Gasteiger partial charge in [-0.05, 0) is 75.3 Å². The van der Waals surface area contributed by atoms with Gasteiger partial charge in [-0.3, -0.25) is 14.3 Å². The molecule has 2 fully saturated rings. The second kappa shape index (κ2) is 10.8. The zero-order chi connectivity index (χ0) is 27.7. The summed E-state index contributed by atoms with van der Waals surface area (Å²) in [6, 6.07) is 7.41. The number of nitrogens with one attached hydrogen (secondary N) is 2. The van der Waals surface area contributed by atoms with Crippen LogP contribution in [-0.2, 0) is 19.8 Å². The molecule has 2 saturated heterocycles. The van der Waals surface area contributed by atoms with E-state index in [0.717, 1.165) is 37.2 Å². The van der Waals surface area contributed by atoms with Gasteiger partial charge in [0.1, 0.15) is 5.39 Å². The monoisotopic (exact) mass is 535 g/mol. The Balaban J connectivity index is 1.39. The number of benzene rings is 1. The Morgan fingerprint density at radius 3 is 2.69 bits per heavy atom. The van der Waals surface area contributed by atoms with Crippen LogP contribution in [0, 0.1) is 12.8 Å². The summed E-state index contributed by atoms with van der Waals surface area (Å²) in [7, 11) is 0. The predicted molar refractivity (Wildman–Crippen MR) is 148 cm³/mol. The molecule has 2 unspecified atom stereocenters. The van der Waals surface area contributed by atoms with Gasteiger partial charge >= 0.3 is 5.97 Å². The van der Waals surface area contributed by atoms with Gasteiger partial charge in [-0.25, -0.2) is 4.79 Å². The van der Waals surface area contributed by atoms with E-state index in [1.54, 1.807) is 6.20 Å². The van der Waals surface area contributed by atoms with E-state index < -0.39 is 11.6 Å². The molecule has 10 nitrogen and oxygen atoms in total. The number of H-pyrrole nitrogens is 1. The third-order valence-electron chi connectivity index (χ3n) is 7.59. The summed E-state index contributed by atoms with van der Waals surface area (Å²) in [5.74, 6) is 0.397. The SMILES string of the molecule is Cc1cc(Nc2nn(C3(C)CCC(C(=O)OCC(C)C)OC3)c3cc[nH]c(=O)c23)ccc1C(=O)N1CCCC1. The smallest absolute Gasteiger partial charge is 0.335 e. The minimum absolute atomic E-state index is 0.0549. The fourth-order valence-electron chi connectivity index (χ4n) is 5.36. The van der Waals surface area contributed by atoms with E-state index in [0.29, 0.717) is 41.7 Å². The Kier molecular flexibility index (Phi) is 7.48. The van der Waals surface area contributed by atoms with E-state index >= 15 is 0 Å². The maximum absolute atomic E-state index is 12.9. The number of nitrogens with zero attached hydrogens (tertiary/aromatic N) is 3. The molecule has 0 aliphatic carbocycles. The topological polar surface area (TPSA) is 119 Å². The van der Waals surface area contributed by atoms with E-state index in [4.69, 9.17) is 14.6 Å². The van der Waals surface area contributed by atoms with Crippen LogP contribution in [0.1, 0.15) is 62.4 Å². The first-order valence-corrected chi connectivity index (χ1v) is 13.7. The summed E-state index contributed by atoms with van der Waals surface area (Å²) in [6.07, 6.45) is 4.21. The highest BCUT2D eigenvalue weighted by molar-refractivity contribution is 5.97. The van der Waals surface area contributed by atoms with Gasteiger partial charge < -0.3 is 24.7 Å². The van der Waals surface area contributed by atoms with Crippen LogP contribution in [0.4, 0.5) is 11.5 Å². The predicted octanol–water partition coefficient (Wildman–Crippen LogP) is 4.11. The van der Waals surface area contributed by atoms with Crippen LogP contribution in [0.15, 0.2) is 35.3 Å². The number of likely N-dealkylation sites (tertiary alicyclic amines) is 1. The molecule has 10 heteroatoms. The summed E-state index contributed by atoms with van der Waals surface area (Å²) in [5.41, 5.74) is 2.13. The van der Waals surface area contributed by atoms with Gasteiger partial charge in [-0.1, -0.05) is 13.8 Å². The van der Waals surface area contributed by atoms with E-state index in [-0.39, 0.29) is 30.0 Å². The highest BCUT2D eigenvalue weighted by Gasteiger charge is 2.39. The Hall–Kier alpha value is -3.66. The highest BCUT2D eigenvalue weighted by Crippen LogP contribution is 2.35. The third kappa shape index (κ3) is 5.43. The van der Waals surface area contributed by atoms with Crippen LogP contribution in [-0.4, -0.2) is 63.9 Å². The lowest BCUT2D eigenvalue weighted by Gasteiger charge is -2.37. The number of rotatable bonds is 7. The van der Waals surface area contributed by atoms with Crippen LogP contribution >= 0.6 is 0 Å². The Morgan fingerprint density at radius 1 is 1.26 bits per heavy atom. The lowest BCUT2D eigenvalue weighted by molar-refractivity contribution is -0.165. The molecule has 2 aliphatic heterocycles. The molecule has 1 aromatic carbocycles. The lowest BCUT2D eigenvalue weighted by atomic mass is 9.92. The maximum Gasteiger partial charge on any atom is 0.335 e. The van der Waals surface area contributed by atoms with Crippen LogP contribution in [0.25, 0.3) is 10.9 Å². The number of ether oxygens (including phenoxy) is 2. The quantitative estimate of drug-likeness (QED) is 0.437. The Labute approximate surface area is 227 Å². The number of aromatic nitrogens is 3. The fourth-order valence-corrected chi connectivity index (χ4v) is 5.36. The molecule has 3 aromatic rings. The second-order valence-electron chi connectivity index (χ2n) is 11.3. The molecule has 5 rings (SSSR count). The number of carbonyl (C=O) groups excluding carboxylic acids is 2. The van der Waals surface area contributed by atoms with Crippen LogP contribution in [0.5, 0.6) is 0 Å². The molecule has 0 spiro atoms. The molecule has 0 bridgehead atoms. The van der Waals surface area contributed by atoms with Crippen molar-refractivity contribution in [3.63, 3.8) is 0 Å². The van der Waals surface area contributed by atoms with Crippen LogP contribution < -0.4 is 10.9 Å². The average molecular weight is 536 g/mol. The zero-order valence-electron chi connectivity index (χ0n) is 23.1. The lowest BCUT2D eigenvalue weighted by Crippen LogP contribution is -2.45. The van der Waals surface area contributed by atoms with Crippen LogP contribution in [0.3, 0.4) is 0 Å². The first-order valence-electron chi connectivity index (χ1n) is 13.7. The van der Waals surface area contributed by atoms with Gasteiger partial charge in [0.15, 0.2) is 11.9 Å². The number of fused-ring (bicyclic) bond motifs is 1. The molecule has 2 N–H and O–H groups in total. The first kappa shape index (κ1) is 26.9. The molecule has 0 saturated carbocycles. The highest BCUT2D eigenvalue weighted by atomic mass is 16.6. The van der Waals surface area contributed by atoms with E-state index in [9.17, 15) is 14.4 Å². The van der Waals surface area contributed by atoms with Crippen molar-refractivity contribution >= 4 is 34.3 Å². The summed E-state index contributed by atoms with van der Waals surface area (Å²) in [4.78, 5) is 42.9. The summed E-state index contributed by atoms with van der Waals surface area (Å²) >= 11 is 0. The Morgan fingerprint density at radius 2 is 2.03 bits per heavy atom. The van der Waals surface area contributed by atoms with Crippen molar-refractivity contribution in [2.24, 2.45) is 5.92 Å². The van der Waals surface area contributed by atoms with Crippen molar-refractivity contribution in [1.82, 2.24) is 19.7 Å². The minimum atomic E-state index is -0.607. The van der Waals surface area contributed by atoms with Gasteiger partial charge in [0.25, 0.3) is 11.5 Å². The second-order valence-corrected chi connectivity index (χ2v) is 11.3. The summed E-state index contributed by atoms with van der Waals surface area (Å²) < 4.78 is 13.2. The average Bonchev–Trinajstić information content (AvgIpc) is 3.57. The molecule has 2 atom stereocenters.